The van der Waals surface area contributed by atoms with Crippen LogP contribution in [0.2, 0.25) is 0 Å². The maximum atomic E-state index is 10.9. The van der Waals surface area contributed by atoms with E-state index in [9.17, 15) is 4.79 Å². The standard InChI is InChI=1S/C12H15ClO2/c1-8(2)10-6-4-5-7-11(10)15-9(3)12(13)14/h4-9H,1-3H3/t9-/m1/s1. The van der Waals surface area contributed by atoms with Crippen molar-refractivity contribution < 1.29 is 9.53 Å². The van der Waals surface area contributed by atoms with Gasteiger partial charge in [0.25, 0.3) is 5.24 Å². The van der Waals surface area contributed by atoms with Crippen LogP contribution in [0.1, 0.15) is 32.3 Å². The molecule has 0 N–H and O–H groups in total. The number of hydrogen-bond acceptors (Lipinski definition) is 2. The molecule has 1 aromatic carbocycles. The lowest BCUT2D eigenvalue weighted by Crippen LogP contribution is -2.19. The van der Waals surface area contributed by atoms with E-state index in [2.05, 4.69) is 13.8 Å². The molecule has 0 saturated carbocycles. The van der Waals surface area contributed by atoms with Crippen LogP contribution in [0, 0.1) is 0 Å². The predicted octanol–water partition coefficient (Wildman–Crippen LogP) is 3.34. The van der Waals surface area contributed by atoms with Crippen LogP contribution in [0.3, 0.4) is 0 Å². The van der Waals surface area contributed by atoms with E-state index in [1.54, 1.807) is 6.92 Å². The SMILES string of the molecule is CC(C)c1ccccc1O[C@H](C)C(=O)Cl. The molecule has 0 saturated heterocycles. The van der Waals surface area contributed by atoms with Gasteiger partial charge in [0.1, 0.15) is 5.75 Å². The van der Waals surface area contributed by atoms with Crippen molar-refractivity contribution in [1.29, 1.82) is 0 Å². The molecule has 0 aliphatic carbocycles. The van der Waals surface area contributed by atoms with Crippen LogP contribution in [0.4, 0.5) is 0 Å². The van der Waals surface area contributed by atoms with Gasteiger partial charge in [-0.2, -0.15) is 0 Å². The van der Waals surface area contributed by atoms with Crippen molar-refractivity contribution in [2.45, 2.75) is 32.8 Å². The summed E-state index contributed by atoms with van der Waals surface area (Å²) in [6.07, 6.45) is -0.605. The number of carbonyl (C=O) groups is 1. The summed E-state index contributed by atoms with van der Waals surface area (Å²) >= 11 is 5.35. The topological polar surface area (TPSA) is 26.3 Å². The third kappa shape index (κ3) is 3.24. The van der Waals surface area contributed by atoms with Crippen LogP contribution in [0.5, 0.6) is 5.75 Å². The molecule has 0 amide bonds. The van der Waals surface area contributed by atoms with E-state index in [0.717, 1.165) is 11.3 Å². The molecule has 82 valence electrons. The minimum atomic E-state index is -0.605. The van der Waals surface area contributed by atoms with Crippen molar-refractivity contribution in [2.75, 3.05) is 0 Å². The van der Waals surface area contributed by atoms with E-state index in [0.29, 0.717) is 5.92 Å². The highest BCUT2D eigenvalue weighted by atomic mass is 35.5. The smallest absolute Gasteiger partial charge is 0.262 e. The molecule has 0 bridgehead atoms. The molecule has 0 heterocycles. The monoisotopic (exact) mass is 226 g/mol. The largest absolute Gasteiger partial charge is 0.481 e. The van der Waals surface area contributed by atoms with E-state index in [1.165, 1.54) is 0 Å². The van der Waals surface area contributed by atoms with Gasteiger partial charge in [-0.25, -0.2) is 0 Å². The Balaban J connectivity index is 2.89. The summed E-state index contributed by atoms with van der Waals surface area (Å²) < 4.78 is 5.49. The highest BCUT2D eigenvalue weighted by molar-refractivity contribution is 6.64. The Morgan fingerprint density at radius 3 is 2.40 bits per heavy atom. The molecule has 0 aromatic heterocycles. The molecular weight excluding hydrogens is 212 g/mol. The molecule has 2 nitrogen and oxygen atoms in total. The molecule has 0 unspecified atom stereocenters. The second-order valence-corrected chi connectivity index (χ2v) is 4.13. The Labute approximate surface area is 95.2 Å². The van der Waals surface area contributed by atoms with Crippen LogP contribution in [0.15, 0.2) is 24.3 Å². The van der Waals surface area contributed by atoms with Gasteiger partial charge >= 0.3 is 0 Å². The number of benzene rings is 1. The van der Waals surface area contributed by atoms with Gasteiger partial charge in [0, 0.05) is 0 Å². The van der Waals surface area contributed by atoms with E-state index in [-0.39, 0.29) is 0 Å². The Morgan fingerprint density at radius 1 is 1.27 bits per heavy atom. The van der Waals surface area contributed by atoms with Gasteiger partial charge in [-0.05, 0) is 36.1 Å². The molecule has 3 heteroatoms. The third-order valence-corrected chi connectivity index (χ3v) is 2.47. The minimum absolute atomic E-state index is 0.360. The molecule has 15 heavy (non-hydrogen) atoms. The lowest BCUT2D eigenvalue weighted by molar-refractivity contribution is -0.117. The summed E-state index contributed by atoms with van der Waals surface area (Å²) in [4.78, 5) is 10.9. The Morgan fingerprint density at radius 2 is 1.87 bits per heavy atom. The van der Waals surface area contributed by atoms with Crippen molar-refractivity contribution in [2.24, 2.45) is 0 Å². The Kier molecular flexibility index (Phi) is 4.15. The van der Waals surface area contributed by atoms with Crippen LogP contribution in [0.25, 0.3) is 0 Å². The summed E-state index contributed by atoms with van der Waals surface area (Å²) in [6.45, 7) is 5.80. The van der Waals surface area contributed by atoms with Crippen molar-refractivity contribution in [1.82, 2.24) is 0 Å². The van der Waals surface area contributed by atoms with E-state index >= 15 is 0 Å². The quantitative estimate of drug-likeness (QED) is 0.736. The molecule has 1 rings (SSSR count). The number of para-hydroxylation sites is 1. The molecule has 0 aliphatic rings. The third-order valence-electron chi connectivity index (χ3n) is 2.16. The van der Waals surface area contributed by atoms with Crippen molar-refractivity contribution in [3.05, 3.63) is 29.8 Å². The first kappa shape index (κ1) is 12.1. The number of ether oxygens (including phenoxy) is 1. The number of carbonyl (C=O) groups excluding carboxylic acids is 1. The maximum absolute atomic E-state index is 10.9. The fraction of sp³-hybridized carbons (Fsp3) is 0.417. The maximum Gasteiger partial charge on any atom is 0.262 e. The zero-order valence-corrected chi connectivity index (χ0v) is 9.91. The van der Waals surface area contributed by atoms with Gasteiger partial charge in [0.2, 0.25) is 0 Å². The van der Waals surface area contributed by atoms with Crippen LogP contribution in [-0.2, 0) is 4.79 Å². The summed E-state index contributed by atoms with van der Waals surface area (Å²) in [6, 6.07) is 7.68. The summed E-state index contributed by atoms with van der Waals surface area (Å²) in [7, 11) is 0. The predicted molar refractivity (Wildman–Crippen MR) is 61.5 cm³/mol. The van der Waals surface area contributed by atoms with Gasteiger partial charge in [0.15, 0.2) is 6.10 Å². The summed E-state index contributed by atoms with van der Waals surface area (Å²) in [5.74, 6) is 1.09. The van der Waals surface area contributed by atoms with Crippen LogP contribution in [-0.4, -0.2) is 11.3 Å². The first-order valence-electron chi connectivity index (χ1n) is 4.97. The number of rotatable bonds is 4. The van der Waals surface area contributed by atoms with Gasteiger partial charge in [0.05, 0.1) is 0 Å². The molecule has 0 spiro atoms. The van der Waals surface area contributed by atoms with Gasteiger partial charge in [-0.3, -0.25) is 4.79 Å². The summed E-state index contributed by atoms with van der Waals surface area (Å²) in [5, 5.41) is -0.478. The fourth-order valence-electron chi connectivity index (χ4n) is 1.30. The second-order valence-electron chi connectivity index (χ2n) is 3.76. The van der Waals surface area contributed by atoms with E-state index in [1.807, 2.05) is 24.3 Å². The van der Waals surface area contributed by atoms with E-state index in [4.69, 9.17) is 16.3 Å². The molecule has 0 radical (unpaired) electrons. The average molecular weight is 227 g/mol. The first-order valence-corrected chi connectivity index (χ1v) is 5.35. The number of halogens is 1. The minimum Gasteiger partial charge on any atom is -0.481 e. The van der Waals surface area contributed by atoms with Crippen molar-refractivity contribution in [3.63, 3.8) is 0 Å². The molecule has 1 atom stereocenters. The zero-order valence-electron chi connectivity index (χ0n) is 9.16. The Hall–Kier alpha value is -1.02. The van der Waals surface area contributed by atoms with E-state index < -0.39 is 11.3 Å². The van der Waals surface area contributed by atoms with Crippen molar-refractivity contribution >= 4 is 16.8 Å². The first-order chi connectivity index (χ1) is 7.02. The Bertz CT molecular complexity index is 347. The number of hydrogen-bond donors (Lipinski definition) is 0. The zero-order chi connectivity index (χ0) is 11.4. The van der Waals surface area contributed by atoms with Gasteiger partial charge in [-0.15, -0.1) is 0 Å². The average Bonchev–Trinajstić information content (AvgIpc) is 2.18. The highest BCUT2D eigenvalue weighted by Gasteiger charge is 2.14. The fourth-order valence-corrected chi connectivity index (χ4v) is 1.35. The molecular formula is C12H15ClO2. The van der Waals surface area contributed by atoms with Gasteiger partial charge in [-0.1, -0.05) is 32.0 Å². The summed E-state index contributed by atoms with van der Waals surface area (Å²) in [5.41, 5.74) is 1.09. The molecule has 1 aromatic rings. The molecule has 0 fully saturated rings. The lowest BCUT2D eigenvalue weighted by Gasteiger charge is -2.16. The van der Waals surface area contributed by atoms with Gasteiger partial charge < -0.3 is 4.74 Å². The second kappa shape index (κ2) is 5.17. The van der Waals surface area contributed by atoms with Crippen LogP contribution < -0.4 is 4.74 Å². The normalized spacial score (nSPS) is 12.6. The highest BCUT2D eigenvalue weighted by Crippen LogP contribution is 2.26. The van der Waals surface area contributed by atoms with Crippen LogP contribution >= 0.6 is 11.6 Å². The lowest BCUT2D eigenvalue weighted by atomic mass is 10.0. The molecule has 0 aliphatic heterocycles. The van der Waals surface area contributed by atoms with Crippen molar-refractivity contribution in [3.8, 4) is 5.75 Å².